The molecule has 2 aromatic rings. The lowest BCUT2D eigenvalue weighted by molar-refractivity contribution is 0.0596. The van der Waals surface area contributed by atoms with E-state index in [1.807, 2.05) is 44.2 Å². The number of phenolic OH excluding ortho intramolecular Hbond substituents is 1. The molecule has 0 spiro atoms. The third kappa shape index (κ3) is 5.44. The van der Waals surface area contributed by atoms with E-state index in [9.17, 15) is 9.90 Å². The Balaban J connectivity index is 2.45. The summed E-state index contributed by atoms with van der Waals surface area (Å²) < 4.78 is 10.4. The highest BCUT2D eigenvalue weighted by atomic mass is 35.5. The number of phenols is 1. The van der Waals surface area contributed by atoms with Crippen LogP contribution in [0, 0.1) is 0 Å². The standard InChI is InChI=1S/C21H23ClO4S/c1-13(2)5-10-17-18(25-3)11-14(19(20(17)23)21(24)26-4)12-27-16-8-6-15(22)7-9-16/h5-9,11,23H,10,12H2,1-4H3. The number of allylic oxidation sites excluding steroid dienone is 2. The zero-order valence-corrected chi connectivity index (χ0v) is 17.4. The molecule has 0 aliphatic rings. The fourth-order valence-electron chi connectivity index (χ4n) is 2.56. The molecule has 4 nitrogen and oxygen atoms in total. The third-order valence-electron chi connectivity index (χ3n) is 3.98. The van der Waals surface area contributed by atoms with Gasteiger partial charge in [-0.1, -0.05) is 23.3 Å². The van der Waals surface area contributed by atoms with Crippen molar-refractivity contribution in [2.45, 2.75) is 30.9 Å². The maximum atomic E-state index is 12.3. The highest BCUT2D eigenvalue weighted by Crippen LogP contribution is 2.38. The fourth-order valence-corrected chi connectivity index (χ4v) is 3.56. The van der Waals surface area contributed by atoms with Crippen molar-refractivity contribution in [2.75, 3.05) is 14.2 Å². The topological polar surface area (TPSA) is 55.8 Å². The first-order valence-corrected chi connectivity index (χ1v) is 9.75. The van der Waals surface area contributed by atoms with Crippen molar-refractivity contribution in [3.8, 4) is 11.5 Å². The predicted octanol–water partition coefficient (Wildman–Crippen LogP) is 5.64. The molecule has 0 saturated carbocycles. The van der Waals surface area contributed by atoms with Crippen molar-refractivity contribution >= 4 is 29.3 Å². The number of carbonyl (C=O) groups is 1. The van der Waals surface area contributed by atoms with Crippen LogP contribution in [0.3, 0.4) is 0 Å². The van der Waals surface area contributed by atoms with Crippen LogP contribution >= 0.6 is 23.4 Å². The molecule has 2 aromatic carbocycles. The monoisotopic (exact) mass is 406 g/mol. The number of halogens is 1. The molecule has 27 heavy (non-hydrogen) atoms. The Hall–Kier alpha value is -2.11. The van der Waals surface area contributed by atoms with Crippen molar-refractivity contribution in [2.24, 2.45) is 0 Å². The molecule has 6 heteroatoms. The van der Waals surface area contributed by atoms with E-state index in [1.165, 1.54) is 18.9 Å². The predicted molar refractivity (Wildman–Crippen MR) is 110 cm³/mol. The van der Waals surface area contributed by atoms with Gasteiger partial charge in [0.2, 0.25) is 0 Å². The van der Waals surface area contributed by atoms with Crippen LogP contribution in [0.25, 0.3) is 0 Å². The molecular weight excluding hydrogens is 384 g/mol. The zero-order valence-electron chi connectivity index (χ0n) is 15.8. The number of hydrogen-bond acceptors (Lipinski definition) is 5. The number of benzene rings is 2. The van der Waals surface area contributed by atoms with Crippen molar-refractivity contribution in [1.82, 2.24) is 0 Å². The first-order valence-electron chi connectivity index (χ1n) is 8.39. The lowest BCUT2D eigenvalue weighted by Crippen LogP contribution is -2.08. The molecule has 0 aliphatic carbocycles. The smallest absolute Gasteiger partial charge is 0.341 e. The van der Waals surface area contributed by atoms with E-state index in [2.05, 4.69) is 0 Å². The minimum atomic E-state index is -0.569. The van der Waals surface area contributed by atoms with Gasteiger partial charge in [0.25, 0.3) is 0 Å². The van der Waals surface area contributed by atoms with Crippen molar-refractivity contribution in [3.05, 3.63) is 63.7 Å². The van der Waals surface area contributed by atoms with E-state index < -0.39 is 5.97 Å². The van der Waals surface area contributed by atoms with Gasteiger partial charge in [-0.2, -0.15) is 0 Å². The second-order valence-corrected chi connectivity index (χ2v) is 7.65. The summed E-state index contributed by atoms with van der Waals surface area (Å²) in [4.78, 5) is 13.3. The normalized spacial score (nSPS) is 10.4. The molecule has 1 N–H and O–H groups in total. The van der Waals surface area contributed by atoms with Crippen LogP contribution in [0.5, 0.6) is 11.5 Å². The van der Waals surface area contributed by atoms with Gasteiger partial charge in [0.1, 0.15) is 17.1 Å². The molecule has 0 aromatic heterocycles. The minimum Gasteiger partial charge on any atom is -0.507 e. The van der Waals surface area contributed by atoms with Crippen LogP contribution in [0.4, 0.5) is 0 Å². The van der Waals surface area contributed by atoms with E-state index in [4.69, 9.17) is 21.1 Å². The molecule has 2 rings (SSSR count). The average Bonchev–Trinajstić information content (AvgIpc) is 2.65. The second-order valence-electron chi connectivity index (χ2n) is 6.16. The maximum Gasteiger partial charge on any atom is 0.341 e. The van der Waals surface area contributed by atoms with E-state index in [-0.39, 0.29) is 11.3 Å². The van der Waals surface area contributed by atoms with Gasteiger partial charge in [0.15, 0.2) is 0 Å². The first-order chi connectivity index (χ1) is 12.9. The molecule has 0 amide bonds. The second kappa shape index (κ2) is 9.72. The number of aromatic hydroxyl groups is 1. The van der Waals surface area contributed by atoms with Gasteiger partial charge >= 0.3 is 5.97 Å². The number of ether oxygens (including phenoxy) is 2. The summed E-state index contributed by atoms with van der Waals surface area (Å²) in [5.41, 5.74) is 2.51. The fraction of sp³-hybridized carbons (Fsp3) is 0.286. The Morgan fingerprint density at radius 3 is 2.44 bits per heavy atom. The minimum absolute atomic E-state index is 0.0922. The van der Waals surface area contributed by atoms with Crippen LogP contribution in [0.1, 0.15) is 35.3 Å². The number of rotatable bonds is 7. The van der Waals surface area contributed by atoms with Crippen molar-refractivity contribution in [1.29, 1.82) is 0 Å². The Bertz CT molecular complexity index is 840. The lowest BCUT2D eigenvalue weighted by atomic mass is 9.99. The molecule has 0 saturated heterocycles. The van der Waals surface area contributed by atoms with Crippen molar-refractivity contribution < 1.29 is 19.4 Å². The summed E-state index contributed by atoms with van der Waals surface area (Å²) in [7, 11) is 2.85. The van der Waals surface area contributed by atoms with Crippen LogP contribution < -0.4 is 4.74 Å². The number of carbonyl (C=O) groups excluding carboxylic acids is 1. The Morgan fingerprint density at radius 2 is 1.89 bits per heavy atom. The molecule has 0 heterocycles. The lowest BCUT2D eigenvalue weighted by Gasteiger charge is -2.17. The third-order valence-corrected chi connectivity index (χ3v) is 5.29. The summed E-state index contributed by atoms with van der Waals surface area (Å²) in [6, 6.07) is 9.23. The Morgan fingerprint density at radius 1 is 1.22 bits per heavy atom. The van der Waals surface area contributed by atoms with Gasteiger partial charge in [-0.15, -0.1) is 11.8 Å². The van der Waals surface area contributed by atoms with Crippen LogP contribution in [-0.4, -0.2) is 25.3 Å². The van der Waals surface area contributed by atoms with Crippen molar-refractivity contribution in [3.63, 3.8) is 0 Å². The number of thioether (sulfide) groups is 1. The van der Waals surface area contributed by atoms with Crippen LogP contribution in [-0.2, 0) is 16.9 Å². The van der Waals surface area contributed by atoms with E-state index >= 15 is 0 Å². The summed E-state index contributed by atoms with van der Waals surface area (Å²) in [6.07, 6.45) is 2.44. The SMILES string of the molecule is COC(=O)c1c(CSc2ccc(Cl)cc2)cc(OC)c(CC=C(C)C)c1O. The number of methoxy groups -OCH3 is 2. The van der Waals surface area contributed by atoms with Gasteiger partial charge in [-0.3, -0.25) is 0 Å². The molecule has 0 bridgehead atoms. The van der Waals surface area contributed by atoms with E-state index in [1.54, 1.807) is 13.2 Å². The molecular formula is C21H23ClO4S. The van der Waals surface area contributed by atoms with Crippen LogP contribution in [0.2, 0.25) is 5.02 Å². The maximum absolute atomic E-state index is 12.3. The molecule has 0 unspecified atom stereocenters. The first kappa shape index (κ1) is 21.2. The Kier molecular flexibility index (Phi) is 7.63. The average molecular weight is 407 g/mol. The largest absolute Gasteiger partial charge is 0.507 e. The summed E-state index contributed by atoms with van der Waals surface area (Å²) >= 11 is 7.45. The van der Waals surface area contributed by atoms with Gasteiger partial charge in [0.05, 0.1) is 14.2 Å². The van der Waals surface area contributed by atoms with Crippen LogP contribution in [0.15, 0.2) is 46.9 Å². The van der Waals surface area contributed by atoms with Gasteiger partial charge in [-0.25, -0.2) is 4.79 Å². The zero-order chi connectivity index (χ0) is 20.0. The molecule has 0 fully saturated rings. The van der Waals surface area contributed by atoms with Gasteiger partial charge in [-0.05, 0) is 56.2 Å². The summed E-state index contributed by atoms with van der Waals surface area (Å²) in [5.74, 6) is 0.355. The highest BCUT2D eigenvalue weighted by Gasteiger charge is 2.23. The summed E-state index contributed by atoms with van der Waals surface area (Å²) in [5, 5.41) is 11.5. The Labute approximate surface area is 169 Å². The number of esters is 1. The van der Waals surface area contributed by atoms with Gasteiger partial charge < -0.3 is 14.6 Å². The number of hydrogen-bond donors (Lipinski definition) is 1. The molecule has 0 radical (unpaired) electrons. The summed E-state index contributed by atoms with van der Waals surface area (Å²) in [6.45, 7) is 3.95. The van der Waals surface area contributed by atoms with E-state index in [0.29, 0.717) is 34.1 Å². The quantitative estimate of drug-likeness (QED) is 0.366. The highest BCUT2D eigenvalue weighted by molar-refractivity contribution is 7.98. The van der Waals surface area contributed by atoms with E-state index in [0.717, 1.165) is 10.5 Å². The van der Waals surface area contributed by atoms with Gasteiger partial charge in [0, 0.05) is 21.2 Å². The molecule has 144 valence electrons. The molecule has 0 aliphatic heterocycles. The molecule has 0 atom stereocenters.